The smallest absolute Gasteiger partial charge is 0.251 e. The first-order valence-electron chi connectivity index (χ1n) is 9.04. The van der Waals surface area contributed by atoms with E-state index in [2.05, 4.69) is 52.1 Å². The molecular weight excluding hydrogens is 358 g/mol. The molecule has 0 aliphatic heterocycles. The summed E-state index contributed by atoms with van der Waals surface area (Å²) in [6.07, 6.45) is 0.803. The zero-order valence-corrected chi connectivity index (χ0v) is 17.5. The summed E-state index contributed by atoms with van der Waals surface area (Å²) in [7, 11) is 3.39. The molecule has 0 saturated carbocycles. The Labute approximate surface area is 165 Å². The largest absolute Gasteiger partial charge is 0.356 e. The summed E-state index contributed by atoms with van der Waals surface area (Å²) < 4.78 is 0. The van der Waals surface area contributed by atoms with Crippen LogP contribution < -0.4 is 16.0 Å². The van der Waals surface area contributed by atoms with Gasteiger partial charge in [0.05, 0.1) is 12.2 Å². The lowest BCUT2D eigenvalue weighted by atomic mass is 9.93. The van der Waals surface area contributed by atoms with E-state index in [1.807, 2.05) is 24.3 Å². The summed E-state index contributed by atoms with van der Waals surface area (Å²) in [6, 6.07) is 7.66. The summed E-state index contributed by atoms with van der Waals surface area (Å²) in [6.45, 7) is 7.87. The molecule has 3 N–H and O–H groups in total. The quantitative estimate of drug-likeness (QED) is 0.526. The van der Waals surface area contributed by atoms with Gasteiger partial charge in [-0.2, -0.15) is 0 Å². The Hall–Kier alpha value is -2.41. The van der Waals surface area contributed by atoms with E-state index in [1.54, 1.807) is 25.4 Å². The lowest BCUT2D eigenvalue weighted by molar-refractivity contribution is 0.0963. The predicted molar refractivity (Wildman–Crippen MR) is 113 cm³/mol. The highest BCUT2D eigenvalue weighted by molar-refractivity contribution is 7.09. The minimum absolute atomic E-state index is 0.0674. The third-order valence-electron chi connectivity index (χ3n) is 4.07. The molecule has 27 heavy (non-hydrogen) atoms. The zero-order valence-electron chi connectivity index (χ0n) is 16.7. The molecule has 0 spiro atoms. The van der Waals surface area contributed by atoms with Crippen molar-refractivity contribution in [1.82, 2.24) is 20.9 Å². The van der Waals surface area contributed by atoms with E-state index in [1.165, 1.54) is 0 Å². The normalized spacial score (nSPS) is 12.0. The standard InChI is InChI=1S/C20H29N5OS/c1-20(2,3)16-13-27-17(25-16)12-24-19(22-5)23-10-9-14-7-6-8-15(11-14)18(26)21-4/h6-8,11,13H,9-10,12H2,1-5H3,(H,21,26)(H2,22,23,24). The van der Waals surface area contributed by atoms with Gasteiger partial charge in [0.2, 0.25) is 0 Å². The molecule has 1 aromatic heterocycles. The van der Waals surface area contributed by atoms with Crippen LogP contribution in [-0.2, 0) is 18.4 Å². The topological polar surface area (TPSA) is 78.4 Å². The summed E-state index contributed by atoms with van der Waals surface area (Å²) in [5.74, 6) is 0.672. The molecule has 0 aliphatic carbocycles. The SMILES string of the molecule is CN=C(NCCc1cccc(C(=O)NC)c1)NCc1nc(C(C)(C)C)cs1. The van der Waals surface area contributed by atoms with Crippen LogP contribution in [0.2, 0.25) is 0 Å². The Morgan fingerprint density at radius 1 is 1.26 bits per heavy atom. The number of nitrogens with one attached hydrogen (secondary N) is 3. The fourth-order valence-corrected chi connectivity index (χ4v) is 3.41. The molecule has 0 radical (unpaired) electrons. The molecule has 0 aliphatic rings. The molecule has 7 heteroatoms. The summed E-state index contributed by atoms with van der Waals surface area (Å²) in [5.41, 5.74) is 2.96. The highest BCUT2D eigenvalue weighted by Gasteiger charge is 2.17. The maximum atomic E-state index is 11.7. The molecule has 6 nitrogen and oxygen atoms in total. The molecule has 146 valence electrons. The Morgan fingerprint density at radius 2 is 2.04 bits per heavy atom. The van der Waals surface area contributed by atoms with Gasteiger partial charge >= 0.3 is 0 Å². The first-order valence-corrected chi connectivity index (χ1v) is 9.92. The number of guanidine groups is 1. The van der Waals surface area contributed by atoms with Gasteiger partial charge in [-0.3, -0.25) is 9.79 Å². The lowest BCUT2D eigenvalue weighted by Gasteiger charge is -2.14. The molecular formula is C20H29N5OS. The summed E-state index contributed by atoms with van der Waals surface area (Å²) >= 11 is 1.66. The van der Waals surface area contributed by atoms with Crippen molar-refractivity contribution in [2.24, 2.45) is 4.99 Å². The number of nitrogens with zero attached hydrogens (tertiary/aromatic N) is 2. The van der Waals surface area contributed by atoms with E-state index in [0.717, 1.165) is 35.2 Å². The van der Waals surface area contributed by atoms with Gasteiger partial charge in [-0.05, 0) is 24.1 Å². The van der Waals surface area contributed by atoms with Crippen LogP contribution in [0.1, 0.15) is 47.4 Å². The molecule has 1 aromatic carbocycles. The number of amides is 1. The number of aliphatic imine (C=N–C) groups is 1. The van der Waals surface area contributed by atoms with Crippen LogP contribution in [0.3, 0.4) is 0 Å². The first kappa shape index (κ1) is 20.9. The van der Waals surface area contributed by atoms with Gasteiger partial charge in [-0.1, -0.05) is 32.9 Å². The minimum atomic E-state index is -0.0691. The Morgan fingerprint density at radius 3 is 2.67 bits per heavy atom. The molecule has 0 bridgehead atoms. The van der Waals surface area contributed by atoms with Crippen molar-refractivity contribution in [3.8, 4) is 0 Å². The van der Waals surface area contributed by atoms with E-state index in [-0.39, 0.29) is 11.3 Å². The second-order valence-corrected chi connectivity index (χ2v) is 8.20. The Bertz CT molecular complexity index is 792. The third-order valence-corrected chi connectivity index (χ3v) is 4.92. The van der Waals surface area contributed by atoms with Gasteiger partial charge in [-0.15, -0.1) is 11.3 Å². The first-order chi connectivity index (χ1) is 12.8. The van der Waals surface area contributed by atoms with Gasteiger partial charge in [-0.25, -0.2) is 4.98 Å². The average Bonchev–Trinajstić information content (AvgIpc) is 3.13. The monoisotopic (exact) mass is 387 g/mol. The van der Waals surface area contributed by atoms with Crippen molar-refractivity contribution in [3.63, 3.8) is 0 Å². The molecule has 2 rings (SSSR count). The van der Waals surface area contributed by atoms with Crippen LogP contribution in [-0.4, -0.2) is 37.5 Å². The number of carbonyl (C=O) groups excluding carboxylic acids is 1. The van der Waals surface area contributed by atoms with Crippen molar-refractivity contribution < 1.29 is 4.79 Å². The number of hydrogen-bond donors (Lipinski definition) is 3. The van der Waals surface area contributed by atoms with Crippen LogP contribution in [0, 0.1) is 0 Å². The van der Waals surface area contributed by atoms with Gasteiger partial charge in [0.25, 0.3) is 5.91 Å². The van der Waals surface area contributed by atoms with Crippen molar-refractivity contribution in [2.45, 2.75) is 39.2 Å². The van der Waals surface area contributed by atoms with Crippen molar-refractivity contribution in [1.29, 1.82) is 0 Å². The van der Waals surface area contributed by atoms with E-state index < -0.39 is 0 Å². The maximum Gasteiger partial charge on any atom is 0.251 e. The summed E-state index contributed by atoms with van der Waals surface area (Å²) in [5, 5.41) is 12.4. The molecule has 0 fully saturated rings. The van der Waals surface area contributed by atoms with Crippen LogP contribution in [0.4, 0.5) is 0 Å². The number of thiazole rings is 1. The predicted octanol–water partition coefficient (Wildman–Crippen LogP) is 2.71. The molecule has 1 amide bonds. The number of aromatic nitrogens is 1. The van der Waals surface area contributed by atoms with Gasteiger partial charge in [0.15, 0.2) is 5.96 Å². The van der Waals surface area contributed by atoms with Gasteiger partial charge in [0, 0.05) is 37.0 Å². The number of hydrogen-bond acceptors (Lipinski definition) is 4. The van der Waals surface area contributed by atoms with E-state index in [0.29, 0.717) is 12.1 Å². The third kappa shape index (κ3) is 6.36. The van der Waals surface area contributed by atoms with Gasteiger partial charge < -0.3 is 16.0 Å². The molecule has 0 unspecified atom stereocenters. The van der Waals surface area contributed by atoms with Crippen LogP contribution in [0.5, 0.6) is 0 Å². The number of rotatable bonds is 6. The van der Waals surface area contributed by atoms with Crippen LogP contribution >= 0.6 is 11.3 Å². The van der Waals surface area contributed by atoms with Crippen LogP contribution in [0.25, 0.3) is 0 Å². The van der Waals surface area contributed by atoms with Crippen LogP contribution in [0.15, 0.2) is 34.6 Å². The van der Waals surface area contributed by atoms with E-state index >= 15 is 0 Å². The van der Waals surface area contributed by atoms with E-state index in [4.69, 9.17) is 0 Å². The van der Waals surface area contributed by atoms with Crippen molar-refractivity contribution in [2.75, 3.05) is 20.6 Å². The van der Waals surface area contributed by atoms with E-state index in [9.17, 15) is 4.79 Å². The molecule has 0 saturated heterocycles. The van der Waals surface area contributed by atoms with Crippen molar-refractivity contribution in [3.05, 3.63) is 51.5 Å². The molecule has 1 heterocycles. The molecule has 0 atom stereocenters. The fourth-order valence-electron chi connectivity index (χ4n) is 2.45. The Kier molecular flexibility index (Phi) is 7.36. The summed E-state index contributed by atoms with van der Waals surface area (Å²) in [4.78, 5) is 20.7. The van der Waals surface area contributed by atoms with Gasteiger partial charge in [0.1, 0.15) is 5.01 Å². The number of benzene rings is 1. The maximum absolute atomic E-state index is 11.7. The lowest BCUT2D eigenvalue weighted by Crippen LogP contribution is -2.37. The number of carbonyl (C=O) groups is 1. The Balaban J connectivity index is 1.82. The highest BCUT2D eigenvalue weighted by atomic mass is 32.1. The highest BCUT2D eigenvalue weighted by Crippen LogP contribution is 2.23. The van der Waals surface area contributed by atoms with Crippen molar-refractivity contribution >= 4 is 23.2 Å². The molecule has 2 aromatic rings. The average molecular weight is 388 g/mol. The minimum Gasteiger partial charge on any atom is -0.356 e. The zero-order chi connectivity index (χ0) is 19.9. The second-order valence-electron chi connectivity index (χ2n) is 7.26. The second kappa shape index (κ2) is 9.50. The fraction of sp³-hybridized carbons (Fsp3) is 0.450.